The van der Waals surface area contributed by atoms with Crippen molar-refractivity contribution in [2.45, 2.75) is 25.0 Å². The lowest BCUT2D eigenvalue weighted by atomic mass is 10.0. The molecule has 134 valence electrons. The van der Waals surface area contributed by atoms with Crippen LogP contribution in [0.3, 0.4) is 0 Å². The van der Waals surface area contributed by atoms with Crippen LogP contribution in [0.15, 0.2) is 59.8 Å². The predicted molar refractivity (Wildman–Crippen MR) is 104 cm³/mol. The van der Waals surface area contributed by atoms with Crippen LogP contribution >= 0.6 is 11.8 Å². The van der Waals surface area contributed by atoms with Crippen LogP contribution in [0.1, 0.15) is 24.1 Å². The summed E-state index contributed by atoms with van der Waals surface area (Å²) in [6.07, 6.45) is 0. The van der Waals surface area contributed by atoms with Crippen molar-refractivity contribution < 1.29 is 4.79 Å². The second-order valence-corrected chi connectivity index (χ2v) is 6.92. The van der Waals surface area contributed by atoms with Gasteiger partial charge in [0, 0.05) is 5.56 Å². The Morgan fingerprint density at radius 2 is 1.85 bits per heavy atom. The van der Waals surface area contributed by atoms with Crippen molar-refractivity contribution in [2.75, 3.05) is 11.6 Å². The van der Waals surface area contributed by atoms with Gasteiger partial charge in [0.2, 0.25) is 11.1 Å². The number of benzene rings is 2. The maximum atomic E-state index is 12.3. The van der Waals surface area contributed by atoms with Gasteiger partial charge in [-0.05, 0) is 25.0 Å². The van der Waals surface area contributed by atoms with Gasteiger partial charge < -0.3 is 11.2 Å². The first-order valence-corrected chi connectivity index (χ1v) is 9.28. The van der Waals surface area contributed by atoms with Crippen molar-refractivity contribution in [1.29, 1.82) is 0 Å². The number of thioether (sulfide) groups is 1. The van der Waals surface area contributed by atoms with E-state index >= 15 is 0 Å². The highest BCUT2D eigenvalue weighted by Gasteiger charge is 2.15. The normalized spacial score (nSPS) is 11.9. The van der Waals surface area contributed by atoms with Crippen LogP contribution in [-0.4, -0.2) is 26.5 Å². The van der Waals surface area contributed by atoms with E-state index < -0.39 is 0 Å². The van der Waals surface area contributed by atoms with Crippen LogP contribution in [0, 0.1) is 6.92 Å². The quantitative estimate of drug-likeness (QED) is 0.517. The highest BCUT2D eigenvalue weighted by Crippen LogP contribution is 2.22. The number of amides is 1. The Bertz CT molecular complexity index is 894. The fourth-order valence-corrected chi connectivity index (χ4v) is 3.39. The van der Waals surface area contributed by atoms with E-state index in [9.17, 15) is 4.79 Å². The summed E-state index contributed by atoms with van der Waals surface area (Å²) >= 11 is 1.26. The number of rotatable bonds is 6. The molecule has 3 N–H and O–H groups in total. The first-order valence-electron chi connectivity index (χ1n) is 8.30. The van der Waals surface area contributed by atoms with Gasteiger partial charge in [-0.15, -0.1) is 10.2 Å². The maximum absolute atomic E-state index is 12.3. The molecular weight excluding hydrogens is 346 g/mol. The van der Waals surface area contributed by atoms with Crippen LogP contribution in [0.5, 0.6) is 0 Å². The molecule has 1 amide bonds. The van der Waals surface area contributed by atoms with Gasteiger partial charge in [-0.1, -0.05) is 66.4 Å². The highest BCUT2D eigenvalue weighted by molar-refractivity contribution is 7.99. The van der Waals surface area contributed by atoms with E-state index in [4.69, 9.17) is 5.84 Å². The monoisotopic (exact) mass is 367 g/mol. The fraction of sp³-hybridized carbons (Fsp3) is 0.211. The van der Waals surface area contributed by atoms with Crippen molar-refractivity contribution in [3.05, 3.63) is 65.7 Å². The van der Waals surface area contributed by atoms with Crippen molar-refractivity contribution in [2.24, 2.45) is 0 Å². The van der Waals surface area contributed by atoms with E-state index in [0.29, 0.717) is 11.0 Å². The van der Waals surface area contributed by atoms with Crippen LogP contribution in [0.4, 0.5) is 0 Å². The smallest absolute Gasteiger partial charge is 0.230 e. The van der Waals surface area contributed by atoms with Crippen molar-refractivity contribution >= 4 is 17.7 Å². The minimum atomic E-state index is -0.0741. The average Bonchev–Trinajstić information content (AvgIpc) is 3.01. The van der Waals surface area contributed by atoms with Gasteiger partial charge in [-0.3, -0.25) is 4.79 Å². The molecule has 3 aromatic rings. The third-order valence-corrected chi connectivity index (χ3v) is 5.00. The summed E-state index contributed by atoms with van der Waals surface area (Å²) in [7, 11) is 0. The molecule has 0 unspecified atom stereocenters. The molecule has 0 fully saturated rings. The SMILES string of the molecule is Cc1ccccc1[C@H](C)NC(=O)CSc1nnc(-c2ccccc2)n1N. The summed E-state index contributed by atoms with van der Waals surface area (Å²) in [6, 6.07) is 17.6. The van der Waals surface area contributed by atoms with Crippen LogP contribution in [0.25, 0.3) is 11.4 Å². The predicted octanol–water partition coefficient (Wildman–Crippen LogP) is 2.94. The van der Waals surface area contributed by atoms with E-state index in [1.54, 1.807) is 0 Å². The van der Waals surface area contributed by atoms with Crippen molar-refractivity contribution in [3.63, 3.8) is 0 Å². The summed E-state index contributed by atoms with van der Waals surface area (Å²) in [5, 5.41) is 11.7. The summed E-state index contributed by atoms with van der Waals surface area (Å²) in [5.41, 5.74) is 3.15. The number of nitrogens with zero attached hydrogens (tertiary/aromatic N) is 3. The van der Waals surface area contributed by atoms with Crippen LogP contribution < -0.4 is 11.2 Å². The number of carbonyl (C=O) groups is 1. The Morgan fingerprint density at radius 3 is 2.58 bits per heavy atom. The first kappa shape index (κ1) is 18.0. The topological polar surface area (TPSA) is 85.8 Å². The zero-order valence-corrected chi connectivity index (χ0v) is 15.5. The Balaban J connectivity index is 1.60. The van der Waals surface area contributed by atoms with Gasteiger partial charge in [0.1, 0.15) is 0 Å². The molecule has 0 spiro atoms. The largest absolute Gasteiger partial charge is 0.349 e. The molecule has 7 heteroatoms. The molecule has 2 aromatic carbocycles. The first-order chi connectivity index (χ1) is 12.6. The van der Waals surface area contributed by atoms with Gasteiger partial charge in [-0.25, -0.2) is 4.68 Å². The van der Waals surface area contributed by atoms with Gasteiger partial charge in [0.15, 0.2) is 5.82 Å². The minimum Gasteiger partial charge on any atom is -0.349 e. The second-order valence-electron chi connectivity index (χ2n) is 5.98. The van der Waals surface area contributed by atoms with Crippen LogP contribution in [-0.2, 0) is 4.79 Å². The molecule has 0 bridgehead atoms. The number of carbonyl (C=O) groups excluding carboxylic acids is 1. The minimum absolute atomic E-state index is 0.0556. The fourth-order valence-electron chi connectivity index (χ4n) is 2.72. The molecule has 6 nitrogen and oxygen atoms in total. The molecular formula is C19H21N5OS. The summed E-state index contributed by atoms with van der Waals surface area (Å²) in [6.45, 7) is 4.01. The molecule has 1 aromatic heterocycles. The molecule has 1 heterocycles. The number of aryl methyl sites for hydroxylation is 1. The van der Waals surface area contributed by atoms with Gasteiger partial charge in [0.25, 0.3) is 0 Å². The molecule has 0 aliphatic carbocycles. The Morgan fingerprint density at radius 1 is 1.15 bits per heavy atom. The van der Waals surface area contributed by atoms with E-state index in [-0.39, 0.29) is 17.7 Å². The standard InChI is InChI=1S/C19H21N5OS/c1-13-8-6-7-11-16(13)14(2)21-17(25)12-26-19-23-22-18(24(19)20)15-9-4-3-5-10-15/h3-11,14H,12,20H2,1-2H3,(H,21,25)/t14-/m0/s1. The number of hydrogen-bond acceptors (Lipinski definition) is 5. The molecule has 0 aliphatic heterocycles. The number of hydrogen-bond donors (Lipinski definition) is 2. The van der Waals surface area contributed by atoms with Gasteiger partial charge in [0.05, 0.1) is 11.8 Å². The molecule has 0 saturated carbocycles. The number of nitrogens with one attached hydrogen (secondary N) is 1. The lowest BCUT2D eigenvalue weighted by molar-refractivity contribution is -0.119. The highest BCUT2D eigenvalue weighted by atomic mass is 32.2. The van der Waals surface area contributed by atoms with Gasteiger partial charge >= 0.3 is 0 Å². The zero-order chi connectivity index (χ0) is 18.5. The third kappa shape index (κ3) is 4.05. The van der Waals surface area contributed by atoms with Crippen molar-refractivity contribution in [3.8, 4) is 11.4 Å². The Hall–Kier alpha value is -2.80. The Kier molecular flexibility index (Phi) is 5.58. The average molecular weight is 367 g/mol. The van der Waals surface area contributed by atoms with Crippen LogP contribution in [0.2, 0.25) is 0 Å². The number of aromatic nitrogens is 3. The lowest BCUT2D eigenvalue weighted by Gasteiger charge is -2.16. The summed E-state index contributed by atoms with van der Waals surface area (Å²) in [4.78, 5) is 12.3. The molecule has 0 aliphatic rings. The maximum Gasteiger partial charge on any atom is 0.230 e. The second kappa shape index (κ2) is 8.05. The van der Waals surface area contributed by atoms with Crippen molar-refractivity contribution in [1.82, 2.24) is 20.2 Å². The molecule has 1 atom stereocenters. The summed E-state index contributed by atoms with van der Waals surface area (Å²) < 4.78 is 1.41. The summed E-state index contributed by atoms with van der Waals surface area (Å²) in [5.74, 6) is 6.79. The Labute approximate surface area is 156 Å². The number of nitrogens with two attached hydrogens (primary N) is 1. The van der Waals surface area contributed by atoms with E-state index in [1.807, 2.05) is 68.4 Å². The van der Waals surface area contributed by atoms with Gasteiger partial charge in [-0.2, -0.15) is 0 Å². The van der Waals surface area contributed by atoms with E-state index in [1.165, 1.54) is 16.4 Å². The third-order valence-electron chi connectivity index (χ3n) is 4.06. The molecule has 26 heavy (non-hydrogen) atoms. The molecule has 3 rings (SSSR count). The van der Waals surface area contributed by atoms with E-state index in [2.05, 4.69) is 15.5 Å². The lowest BCUT2D eigenvalue weighted by Crippen LogP contribution is -2.28. The van der Waals surface area contributed by atoms with E-state index in [0.717, 1.165) is 16.7 Å². The zero-order valence-electron chi connectivity index (χ0n) is 14.7. The molecule has 0 saturated heterocycles. The number of nitrogen functional groups attached to an aromatic ring is 1. The molecule has 0 radical (unpaired) electrons.